The van der Waals surface area contributed by atoms with Crippen molar-refractivity contribution >= 4 is 70.6 Å². The second kappa shape index (κ2) is 19.6. The molecule has 0 radical (unpaired) electrons. The number of carbonyl (C=O) groups excluding carboxylic acids is 2. The van der Waals surface area contributed by atoms with E-state index in [1.54, 1.807) is 110 Å². The van der Waals surface area contributed by atoms with Crippen molar-refractivity contribution in [2.45, 2.75) is 61.1 Å². The molecule has 0 aliphatic carbocycles. The number of para-hydroxylation sites is 1. The molecule has 4 aromatic heterocycles. The monoisotopic (exact) mass is 983 g/mol. The van der Waals surface area contributed by atoms with Crippen LogP contribution in [0.2, 0.25) is 5.32 Å². The maximum absolute atomic E-state index is 12.7. The summed E-state index contributed by atoms with van der Waals surface area (Å²) in [6.07, 6.45) is -0.0129. The number of amides is 2. The Labute approximate surface area is 393 Å². The van der Waals surface area contributed by atoms with Gasteiger partial charge in [0.1, 0.15) is 23.6 Å². The Morgan fingerprint density at radius 1 is 0.765 bits per heavy atom. The Bertz CT molecular complexity index is 3180. The number of aromatic nitrogens is 6. The van der Waals surface area contributed by atoms with Crippen molar-refractivity contribution in [3.8, 4) is 23.7 Å². The normalized spacial score (nSPS) is 22.7. The number of benzene rings is 3. The Hall–Kier alpha value is -7.78. The Balaban J connectivity index is 0.000000192. The van der Waals surface area contributed by atoms with E-state index < -0.39 is 61.8 Å². The molecule has 7 aromatic rings. The molecule has 2 fully saturated rings. The third-order valence-corrected chi connectivity index (χ3v) is 13.4. The zero-order valence-electron chi connectivity index (χ0n) is 36.1. The quantitative estimate of drug-likeness (QED) is 0.0492. The van der Waals surface area contributed by atoms with Gasteiger partial charge in [0.25, 0.3) is 5.91 Å². The average molecular weight is 983 g/mol. The van der Waals surface area contributed by atoms with Crippen molar-refractivity contribution in [1.82, 2.24) is 29.1 Å². The zero-order valence-corrected chi connectivity index (χ0v) is 37.8. The van der Waals surface area contributed by atoms with E-state index in [0.29, 0.717) is 43.5 Å². The molecule has 19 nitrogen and oxygen atoms in total. The minimum atomic E-state index is -1.98. The number of fused-ring (bicyclic) bond motifs is 2. The minimum absolute atomic E-state index is 0.00308. The first-order chi connectivity index (χ1) is 32.8. The van der Waals surface area contributed by atoms with Gasteiger partial charge in [0.05, 0.1) is 5.39 Å². The van der Waals surface area contributed by atoms with Gasteiger partial charge in [0.15, 0.2) is 6.10 Å². The molecule has 0 saturated carbocycles. The molecule has 0 unspecified atom stereocenters. The van der Waals surface area contributed by atoms with Gasteiger partial charge in [-0.15, -0.1) is 5.92 Å². The molecule has 2 saturated heterocycles. The van der Waals surface area contributed by atoms with E-state index in [1.807, 2.05) is 12.1 Å². The maximum atomic E-state index is 12.7. The fourth-order valence-corrected chi connectivity index (χ4v) is 10.00. The zero-order chi connectivity index (χ0) is 48.2. The summed E-state index contributed by atoms with van der Waals surface area (Å²) in [5.74, 6) is 10.5. The third kappa shape index (κ3) is 8.92. The number of aliphatic hydroxyl groups excluding tert-OH is 2. The summed E-state index contributed by atoms with van der Waals surface area (Å²) in [7, 11) is 0. The van der Waals surface area contributed by atoms with E-state index in [2.05, 4.69) is 60.8 Å². The molecule has 9 rings (SSSR count). The van der Waals surface area contributed by atoms with Gasteiger partial charge in [-0.25, -0.2) is 9.97 Å². The van der Waals surface area contributed by atoms with Crippen LogP contribution in [0.4, 0.5) is 17.3 Å². The van der Waals surface area contributed by atoms with E-state index in [9.17, 15) is 40.1 Å². The van der Waals surface area contributed by atoms with Gasteiger partial charge in [-0.2, -0.15) is 0 Å². The van der Waals surface area contributed by atoms with Crippen LogP contribution in [0.25, 0.3) is 22.1 Å². The van der Waals surface area contributed by atoms with Crippen LogP contribution in [-0.4, -0.2) is 111 Å². The summed E-state index contributed by atoms with van der Waals surface area (Å²) in [6.45, 7) is 6.73. The topological polar surface area (TPSA) is 262 Å². The molecule has 7 atom stereocenters. The second-order valence-electron chi connectivity index (χ2n) is 15.3. The molecular weight excluding hydrogens is 942 g/mol. The fraction of sp³-hybridized carbons (Fsp3) is 0.208. The van der Waals surface area contributed by atoms with Gasteiger partial charge in [-0.3, -0.25) is 9.36 Å². The predicted molar refractivity (Wildman–Crippen MR) is 249 cm³/mol. The second-order valence-corrected chi connectivity index (χ2v) is 17.5. The van der Waals surface area contributed by atoms with Crippen molar-refractivity contribution in [3.05, 3.63) is 156 Å². The molecule has 3 aromatic carbocycles. The van der Waals surface area contributed by atoms with Gasteiger partial charge in [0, 0.05) is 11.8 Å². The number of carbonyl (C=O) groups is 2. The van der Waals surface area contributed by atoms with Crippen LogP contribution in [0, 0.1) is 33.8 Å². The van der Waals surface area contributed by atoms with Crippen molar-refractivity contribution in [2.75, 3.05) is 10.6 Å². The van der Waals surface area contributed by atoms with Crippen LogP contribution in [0.1, 0.15) is 47.0 Å². The van der Waals surface area contributed by atoms with Gasteiger partial charge in [0.2, 0.25) is 11.8 Å². The predicted octanol–water partition coefficient (Wildman–Crippen LogP) is 3.89. The Morgan fingerprint density at radius 3 is 1.79 bits per heavy atom. The van der Waals surface area contributed by atoms with Crippen LogP contribution >= 0.6 is 0 Å². The van der Waals surface area contributed by atoms with E-state index in [4.69, 9.17) is 9.47 Å². The Morgan fingerprint density at radius 2 is 1.26 bits per heavy atom. The van der Waals surface area contributed by atoms with Crippen molar-refractivity contribution < 1.29 is 44.4 Å². The standard InChI is InChI=1S/C27H23N5O6Se.C21H18N4O4/c1-2-13-27(35)22(33)20(15-39-21-11-7-6-10-19(21)32(36)37)38-26(27)31-14-12-18-23(28-16-29-24(18)31)30-25(34)17-8-4-3-5-9-17;1-3-10-21(28)16(26)13(2)29-20(21)25-11-9-15-17(22-12-23-18(15)25)24-19(27)14-7-5-4-6-8-14/h3-12,14,16,20,22,26,33,35H,15H2,1H3,(H,28,29,30,34);4-9,11-12,16,20,26,28H,2H2,1H3,(H,22,23,24,27)/t20-,22-,26-,27-;16-,20-,21-/m11/s1. The summed E-state index contributed by atoms with van der Waals surface area (Å²) in [5, 5.41) is 62.2. The summed E-state index contributed by atoms with van der Waals surface area (Å²) in [6, 6.07) is 27.2. The molecule has 0 bridgehead atoms. The molecule has 20 heteroatoms. The molecule has 2 aliphatic heterocycles. The van der Waals surface area contributed by atoms with Crippen molar-refractivity contribution in [3.63, 3.8) is 0 Å². The summed E-state index contributed by atoms with van der Waals surface area (Å²) >= 11 is -0.430. The van der Waals surface area contributed by atoms with E-state index in [-0.39, 0.29) is 34.4 Å². The van der Waals surface area contributed by atoms with E-state index in [1.165, 1.54) is 23.3 Å². The fourth-order valence-electron chi connectivity index (χ4n) is 7.75. The SMILES string of the molecule is C=C1O[C@@H](n2ccc3c(NC(=O)c4ccccc4)ncnc32)[C@@](O)(C#CC)[C@@H]1O.CC#C[C@@]1(O)[C@H](O)[C@@H](C[Se]c2ccccc2[N+](=O)[O-])O[C@H]1n1ccc2c(NC(=O)c3ccccc3)ncnc21. The summed E-state index contributed by atoms with van der Waals surface area (Å²) in [5.41, 5.74) is -2.17. The molecular formula is C48H41N9O10Se. The number of anilines is 2. The number of nitrogens with one attached hydrogen (secondary N) is 2. The van der Waals surface area contributed by atoms with Gasteiger partial charge in [-0.05, 0) is 25.1 Å². The molecule has 0 spiro atoms. The average Bonchev–Trinajstić information content (AvgIpc) is 4.09. The van der Waals surface area contributed by atoms with Crippen LogP contribution < -0.4 is 15.1 Å². The van der Waals surface area contributed by atoms with Crippen LogP contribution in [-0.2, 0) is 9.47 Å². The number of hydrogen-bond donors (Lipinski definition) is 6. The first kappa shape index (κ1) is 46.7. The summed E-state index contributed by atoms with van der Waals surface area (Å²) < 4.78 is 15.4. The van der Waals surface area contributed by atoms with Crippen molar-refractivity contribution in [2.24, 2.45) is 0 Å². The van der Waals surface area contributed by atoms with Gasteiger partial charge < -0.3 is 20.3 Å². The van der Waals surface area contributed by atoms with E-state index in [0.717, 1.165) is 0 Å². The molecule has 344 valence electrons. The number of nitro groups is 1. The number of nitrogens with zero attached hydrogens (tertiary/aromatic N) is 7. The molecule has 2 amide bonds. The summed E-state index contributed by atoms with van der Waals surface area (Å²) in [4.78, 5) is 53.1. The van der Waals surface area contributed by atoms with E-state index >= 15 is 0 Å². The first-order valence-electron chi connectivity index (χ1n) is 20.7. The number of rotatable bonds is 10. The first-order valence-corrected chi connectivity index (χ1v) is 22.8. The van der Waals surface area contributed by atoms with Crippen molar-refractivity contribution in [1.29, 1.82) is 0 Å². The van der Waals surface area contributed by atoms with Crippen LogP contribution in [0.5, 0.6) is 0 Å². The molecule has 6 heterocycles. The van der Waals surface area contributed by atoms with Gasteiger partial charge in [-0.1, -0.05) is 48.9 Å². The number of aliphatic hydroxyl groups is 4. The molecule has 2 aliphatic rings. The molecule has 68 heavy (non-hydrogen) atoms. The van der Waals surface area contributed by atoms with Crippen LogP contribution in [0.15, 0.2) is 134 Å². The molecule has 6 N–H and O–H groups in total. The number of ether oxygens (including phenoxy) is 2. The number of nitro benzene ring substituents is 1. The van der Waals surface area contributed by atoms with Gasteiger partial charge >= 0.3 is 211 Å². The Kier molecular flexibility index (Phi) is 13.5. The van der Waals surface area contributed by atoms with Crippen LogP contribution in [0.3, 0.4) is 0 Å². The third-order valence-electron chi connectivity index (χ3n) is 11.0. The number of hydrogen-bond acceptors (Lipinski definition) is 14.